The monoisotopic (exact) mass is 457 g/mol. The molecule has 2 aromatic carbocycles. The summed E-state index contributed by atoms with van der Waals surface area (Å²) in [6.07, 6.45) is 0.869. The fourth-order valence-electron chi connectivity index (χ4n) is 4.30. The first-order valence-corrected chi connectivity index (χ1v) is 9.53. The van der Waals surface area contributed by atoms with Crippen molar-refractivity contribution in [3.05, 3.63) is 87.1 Å². The Bertz CT molecular complexity index is 570. The molecular formula is C26H39OZr. The zero-order valence-electron chi connectivity index (χ0n) is 18.8. The van der Waals surface area contributed by atoms with Crippen LogP contribution in [0.4, 0.5) is 0 Å². The summed E-state index contributed by atoms with van der Waals surface area (Å²) in [4.78, 5) is 0. The first-order chi connectivity index (χ1) is 11.8. The molecule has 0 spiro atoms. The molecule has 153 valence electrons. The summed E-state index contributed by atoms with van der Waals surface area (Å²) in [5.41, 5.74) is 0.333. The van der Waals surface area contributed by atoms with Gasteiger partial charge in [-0.2, -0.15) is 36.4 Å². The van der Waals surface area contributed by atoms with Crippen molar-refractivity contribution in [3.63, 3.8) is 0 Å². The van der Waals surface area contributed by atoms with Gasteiger partial charge in [0.15, 0.2) is 0 Å². The molecule has 0 saturated heterocycles. The second-order valence-corrected chi connectivity index (χ2v) is 8.02. The van der Waals surface area contributed by atoms with Gasteiger partial charge in [0.2, 0.25) is 0 Å². The first kappa shape index (κ1) is 29.5. The summed E-state index contributed by atoms with van der Waals surface area (Å²) < 4.78 is 0. The van der Waals surface area contributed by atoms with Crippen molar-refractivity contribution in [2.45, 2.75) is 46.6 Å². The van der Waals surface area contributed by atoms with Crippen molar-refractivity contribution >= 4 is 0 Å². The Labute approximate surface area is 194 Å². The fraction of sp³-hybridized carbons (Fsp3) is 0.462. The van der Waals surface area contributed by atoms with Crippen LogP contribution in [0.15, 0.2) is 60.7 Å². The predicted octanol–water partition coefficient (Wildman–Crippen LogP) is 6.84. The largest absolute Gasteiger partial charge is 3.00 e. The van der Waals surface area contributed by atoms with Crippen molar-refractivity contribution < 1.29 is 31.3 Å². The van der Waals surface area contributed by atoms with E-state index >= 15 is 0 Å². The molecular weight excluding hydrogens is 420 g/mol. The zero-order chi connectivity index (χ0) is 18.4. The van der Waals surface area contributed by atoms with E-state index in [0.29, 0.717) is 17.8 Å². The number of hydrogen-bond donors (Lipinski definition) is 1. The zero-order valence-corrected chi connectivity index (χ0v) is 21.3. The van der Waals surface area contributed by atoms with Gasteiger partial charge < -0.3 is 20.0 Å². The van der Waals surface area contributed by atoms with Crippen LogP contribution in [0.3, 0.4) is 0 Å². The number of rotatable bonds is 3. The maximum atomic E-state index is 10.9. The van der Waals surface area contributed by atoms with Gasteiger partial charge in [-0.05, 0) is 48.5 Å². The van der Waals surface area contributed by atoms with Crippen LogP contribution in [-0.4, -0.2) is 5.11 Å². The van der Waals surface area contributed by atoms with E-state index in [1.54, 1.807) is 0 Å². The Hall–Kier alpha value is -0.717. The summed E-state index contributed by atoms with van der Waals surface area (Å²) in [7, 11) is 0. The maximum absolute atomic E-state index is 10.9. The molecule has 1 N–H and O–H groups in total. The third kappa shape index (κ3) is 7.60. The molecule has 0 bridgehead atoms. The average Bonchev–Trinajstić information content (AvgIpc) is 2.82. The normalized spacial score (nSPS) is 27.6. The molecule has 1 aliphatic rings. The Kier molecular flexibility index (Phi) is 14.2. The molecule has 1 saturated carbocycles. The van der Waals surface area contributed by atoms with Crippen LogP contribution >= 0.6 is 0 Å². The van der Waals surface area contributed by atoms with Crippen molar-refractivity contribution in [2.75, 3.05) is 0 Å². The molecule has 5 unspecified atom stereocenters. The van der Waals surface area contributed by atoms with Crippen LogP contribution in [0.2, 0.25) is 0 Å². The molecule has 1 radical (unpaired) electrons. The Morgan fingerprint density at radius 1 is 0.786 bits per heavy atom. The third-order valence-electron chi connectivity index (χ3n) is 6.47. The van der Waals surface area contributed by atoms with Crippen LogP contribution in [0, 0.1) is 50.5 Å². The quantitative estimate of drug-likeness (QED) is 0.499. The molecule has 3 rings (SSSR count). The molecule has 0 heterocycles. The summed E-state index contributed by atoms with van der Waals surface area (Å²) >= 11 is 0. The number of benzene rings is 2. The van der Waals surface area contributed by atoms with E-state index in [2.05, 4.69) is 33.8 Å². The van der Waals surface area contributed by atoms with Gasteiger partial charge in [-0.15, -0.1) is 0 Å². The first-order valence-electron chi connectivity index (χ1n) is 9.53. The standard InChI is InChI=1S/C18H28O.C6H5.2CH3.Zr/c1-12-13(2)15(4)17(14(12)3)11-18(5,19)16-9-7-6-8-10-16;1-2-4-6-5-3-1;;;/h6-10,12-15,17,19H,11H2,1-5H3;1-5H;2*1H3;/q;3*-1;+3/t12?,13?,14-,15?,17?,18?;;;;/m0..../s1. The molecule has 1 aliphatic carbocycles. The molecule has 2 aromatic rings. The second-order valence-electron chi connectivity index (χ2n) is 8.02. The van der Waals surface area contributed by atoms with Crippen LogP contribution in [-0.2, 0) is 31.8 Å². The average molecular weight is 459 g/mol. The summed E-state index contributed by atoms with van der Waals surface area (Å²) in [5, 5.41) is 10.9. The van der Waals surface area contributed by atoms with Crippen molar-refractivity contribution in [1.29, 1.82) is 0 Å². The SMILES string of the molecule is CC1C(C)C(CC(C)(O)c2ccccc2)[C@@H](C)C1C.[CH3-].[CH3-].[Zr+3].[c-]1ccccc1. The van der Waals surface area contributed by atoms with Gasteiger partial charge in [0.25, 0.3) is 0 Å². The number of hydrogen-bond acceptors (Lipinski definition) is 1. The van der Waals surface area contributed by atoms with E-state index in [4.69, 9.17) is 0 Å². The fourth-order valence-corrected chi connectivity index (χ4v) is 4.30. The van der Waals surface area contributed by atoms with Crippen LogP contribution < -0.4 is 0 Å². The van der Waals surface area contributed by atoms with E-state index in [1.807, 2.05) is 67.6 Å². The van der Waals surface area contributed by atoms with Crippen molar-refractivity contribution in [3.8, 4) is 0 Å². The van der Waals surface area contributed by atoms with Gasteiger partial charge in [0.05, 0.1) is 5.60 Å². The summed E-state index contributed by atoms with van der Waals surface area (Å²) in [6, 6.07) is 22.6. The molecule has 0 amide bonds. The van der Waals surface area contributed by atoms with Crippen LogP contribution in [0.25, 0.3) is 0 Å². The minimum atomic E-state index is -0.710. The summed E-state index contributed by atoms with van der Waals surface area (Å²) in [6.45, 7) is 11.4. The Balaban J connectivity index is 0. The molecule has 28 heavy (non-hydrogen) atoms. The Morgan fingerprint density at radius 3 is 1.57 bits per heavy atom. The van der Waals surface area contributed by atoms with E-state index in [-0.39, 0.29) is 41.1 Å². The topological polar surface area (TPSA) is 20.2 Å². The molecule has 2 heteroatoms. The van der Waals surface area contributed by atoms with Gasteiger partial charge >= 0.3 is 26.2 Å². The van der Waals surface area contributed by atoms with Gasteiger partial charge in [-0.25, -0.2) is 0 Å². The van der Waals surface area contributed by atoms with Gasteiger partial charge in [-0.1, -0.05) is 58.0 Å². The van der Waals surface area contributed by atoms with Crippen molar-refractivity contribution in [1.82, 2.24) is 0 Å². The molecule has 1 fully saturated rings. The van der Waals surface area contributed by atoms with Gasteiger partial charge in [0.1, 0.15) is 0 Å². The van der Waals surface area contributed by atoms with Crippen LogP contribution in [0.1, 0.15) is 46.6 Å². The maximum Gasteiger partial charge on any atom is 3.00 e. The smallest absolute Gasteiger partial charge is 0.385 e. The molecule has 0 aromatic heterocycles. The van der Waals surface area contributed by atoms with E-state index in [9.17, 15) is 5.11 Å². The van der Waals surface area contributed by atoms with Crippen molar-refractivity contribution in [2.24, 2.45) is 29.6 Å². The molecule has 0 aliphatic heterocycles. The minimum Gasteiger partial charge on any atom is -0.385 e. The van der Waals surface area contributed by atoms with Gasteiger partial charge in [-0.3, -0.25) is 0 Å². The Morgan fingerprint density at radius 2 is 1.21 bits per heavy atom. The predicted molar refractivity (Wildman–Crippen MR) is 119 cm³/mol. The number of aliphatic hydroxyl groups is 1. The molecule has 1 nitrogen and oxygen atoms in total. The summed E-state index contributed by atoms with van der Waals surface area (Å²) in [5.74, 6) is 3.51. The van der Waals surface area contributed by atoms with Gasteiger partial charge in [0, 0.05) is 0 Å². The van der Waals surface area contributed by atoms with Crippen LogP contribution in [0.5, 0.6) is 0 Å². The van der Waals surface area contributed by atoms with E-state index in [1.165, 1.54) is 0 Å². The van der Waals surface area contributed by atoms with E-state index in [0.717, 1.165) is 23.8 Å². The van der Waals surface area contributed by atoms with E-state index < -0.39 is 5.60 Å². The molecule has 6 atom stereocenters. The third-order valence-corrected chi connectivity index (χ3v) is 6.47. The minimum absolute atomic E-state index is 0. The second kappa shape index (κ2) is 13.5.